The molecule has 1 aromatic carbocycles. The molecule has 2 N–H and O–H groups in total. The lowest BCUT2D eigenvalue weighted by Crippen LogP contribution is -2.33. The third-order valence-corrected chi connectivity index (χ3v) is 3.89. The van der Waals surface area contributed by atoms with Gasteiger partial charge >= 0.3 is 0 Å². The highest BCUT2D eigenvalue weighted by molar-refractivity contribution is 7.89. The topological polar surface area (TPSA) is 67.4 Å². The fourth-order valence-electron chi connectivity index (χ4n) is 1.37. The van der Waals surface area contributed by atoms with Crippen LogP contribution < -0.4 is 10.0 Å². The van der Waals surface area contributed by atoms with Crippen molar-refractivity contribution < 1.29 is 13.2 Å². The molecule has 0 fully saturated rings. The van der Waals surface area contributed by atoms with Crippen molar-refractivity contribution in [2.24, 2.45) is 0 Å². The van der Waals surface area contributed by atoms with E-state index in [9.17, 15) is 8.42 Å². The lowest BCUT2D eigenvalue weighted by molar-refractivity contribution is 0.199. The number of rotatable bonds is 8. The van der Waals surface area contributed by atoms with Gasteiger partial charge in [0, 0.05) is 26.7 Å². The first-order valence-electron chi connectivity index (χ1n) is 5.82. The van der Waals surface area contributed by atoms with Gasteiger partial charge in [-0.05, 0) is 19.1 Å². The van der Waals surface area contributed by atoms with Crippen LogP contribution in [0.15, 0.2) is 29.2 Å². The van der Waals surface area contributed by atoms with Gasteiger partial charge in [-0.1, -0.05) is 17.7 Å². The first-order valence-corrected chi connectivity index (χ1v) is 7.30. The third-order valence-electron chi connectivity index (χ3n) is 2.41. The van der Waals surface area contributed by atoms with Crippen LogP contribution in [0.25, 0.3) is 0 Å². The molecule has 0 saturated carbocycles. The highest BCUT2D eigenvalue weighted by Gasteiger charge is 2.12. The Kier molecular flexibility index (Phi) is 8.95. The van der Waals surface area contributed by atoms with Crippen LogP contribution in [0.1, 0.15) is 5.56 Å². The Hall–Kier alpha value is -0.660. The number of methoxy groups -OCH3 is 1. The lowest BCUT2D eigenvalue weighted by atomic mass is 10.2. The Morgan fingerprint density at radius 3 is 2.32 bits per heavy atom. The number of hydrogen-bond donors (Lipinski definition) is 2. The molecule has 0 aliphatic rings. The summed E-state index contributed by atoms with van der Waals surface area (Å²) in [6.45, 7) is 4.19. The Bertz CT molecular complexity index is 449. The quantitative estimate of drug-likeness (QED) is 0.701. The predicted octanol–water partition coefficient (Wildman–Crippen LogP) is 0.931. The lowest BCUT2D eigenvalue weighted by Gasteiger charge is -2.07. The number of halogens is 1. The fourth-order valence-corrected chi connectivity index (χ4v) is 2.41. The molecule has 0 unspecified atom stereocenters. The largest absolute Gasteiger partial charge is 0.383 e. The summed E-state index contributed by atoms with van der Waals surface area (Å²) >= 11 is 0. The van der Waals surface area contributed by atoms with E-state index in [-0.39, 0.29) is 12.4 Å². The van der Waals surface area contributed by atoms with Crippen molar-refractivity contribution in [1.82, 2.24) is 10.0 Å². The van der Waals surface area contributed by atoms with Crippen LogP contribution in [-0.2, 0) is 14.8 Å². The van der Waals surface area contributed by atoms with Crippen LogP contribution in [0.4, 0.5) is 0 Å². The van der Waals surface area contributed by atoms with Crippen LogP contribution in [0.5, 0.6) is 0 Å². The molecular weight excluding hydrogens is 288 g/mol. The number of benzene rings is 1. The molecule has 110 valence electrons. The molecule has 5 nitrogen and oxygen atoms in total. The van der Waals surface area contributed by atoms with E-state index in [0.29, 0.717) is 31.1 Å². The van der Waals surface area contributed by atoms with Crippen molar-refractivity contribution in [3.63, 3.8) is 0 Å². The molecule has 7 heteroatoms. The van der Waals surface area contributed by atoms with Gasteiger partial charge in [0.05, 0.1) is 11.5 Å². The molecule has 0 amide bonds. The van der Waals surface area contributed by atoms with E-state index in [2.05, 4.69) is 10.0 Å². The first-order chi connectivity index (χ1) is 8.56. The van der Waals surface area contributed by atoms with Crippen molar-refractivity contribution in [2.75, 3.05) is 33.4 Å². The van der Waals surface area contributed by atoms with E-state index in [1.165, 1.54) is 0 Å². The van der Waals surface area contributed by atoms with Gasteiger partial charge in [-0.2, -0.15) is 0 Å². The van der Waals surface area contributed by atoms with E-state index < -0.39 is 10.0 Å². The number of ether oxygens (including phenoxy) is 1. The minimum absolute atomic E-state index is 0. The second kappa shape index (κ2) is 9.28. The molecular formula is C12H21ClN2O3S. The van der Waals surface area contributed by atoms with E-state index in [1.807, 2.05) is 6.92 Å². The van der Waals surface area contributed by atoms with Gasteiger partial charge in [0.2, 0.25) is 10.0 Å². The zero-order valence-corrected chi connectivity index (χ0v) is 12.8. The minimum atomic E-state index is -3.39. The predicted molar refractivity (Wildman–Crippen MR) is 78.4 cm³/mol. The van der Waals surface area contributed by atoms with Gasteiger partial charge in [0.15, 0.2) is 0 Å². The molecule has 19 heavy (non-hydrogen) atoms. The van der Waals surface area contributed by atoms with Crippen molar-refractivity contribution in [3.05, 3.63) is 29.8 Å². The van der Waals surface area contributed by atoms with Crippen LogP contribution in [-0.4, -0.2) is 41.8 Å². The summed E-state index contributed by atoms with van der Waals surface area (Å²) in [5.41, 5.74) is 1.04. The van der Waals surface area contributed by atoms with Gasteiger partial charge in [0.1, 0.15) is 0 Å². The van der Waals surface area contributed by atoms with Crippen molar-refractivity contribution in [2.45, 2.75) is 11.8 Å². The molecule has 0 aliphatic carbocycles. The van der Waals surface area contributed by atoms with Crippen LogP contribution >= 0.6 is 12.4 Å². The van der Waals surface area contributed by atoms with Crippen molar-refractivity contribution in [1.29, 1.82) is 0 Å². The van der Waals surface area contributed by atoms with Crippen LogP contribution in [0.2, 0.25) is 0 Å². The Morgan fingerprint density at radius 1 is 1.11 bits per heavy atom. The molecule has 1 rings (SSSR count). The molecule has 0 aromatic heterocycles. The standard InChI is InChI=1S/C12H20N2O3S.ClH/c1-11-3-5-12(6-4-11)18(15,16)14-8-7-13-9-10-17-2;/h3-6,13-14H,7-10H2,1-2H3;1H. The summed E-state index contributed by atoms with van der Waals surface area (Å²) < 4.78 is 31.1. The van der Waals surface area contributed by atoms with Crippen molar-refractivity contribution >= 4 is 22.4 Å². The molecule has 0 saturated heterocycles. The monoisotopic (exact) mass is 308 g/mol. The summed E-state index contributed by atoms with van der Waals surface area (Å²) in [6.07, 6.45) is 0. The SMILES string of the molecule is COCCNCCNS(=O)(=O)c1ccc(C)cc1.Cl. The van der Waals surface area contributed by atoms with E-state index >= 15 is 0 Å². The van der Waals surface area contributed by atoms with Gasteiger partial charge in [-0.15, -0.1) is 12.4 Å². The maximum Gasteiger partial charge on any atom is 0.240 e. The Morgan fingerprint density at radius 2 is 1.74 bits per heavy atom. The summed E-state index contributed by atoms with van der Waals surface area (Å²) in [4.78, 5) is 0.296. The zero-order chi connectivity index (χ0) is 13.4. The average Bonchev–Trinajstić information content (AvgIpc) is 2.34. The summed E-state index contributed by atoms with van der Waals surface area (Å²) in [5, 5.41) is 3.07. The molecule has 0 spiro atoms. The number of nitrogens with one attached hydrogen (secondary N) is 2. The highest BCUT2D eigenvalue weighted by atomic mass is 35.5. The Balaban J connectivity index is 0.00000324. The third kappa shape index (κ3) is 6.89. The average molecular weight is 309 g/mol. The summed E-state index contributed by atoms with van der Waals surface area (Å²) in [6, 6.07) is 6.78. The molecule has 0 atom stereocenters. The molecule has 0 heterocycles. The number of hydrogen-bond acceptors (Lipinski definition) is 4. The van der Waals surface area contributed by atoms with Gasteiger partial charge in [-0.25, -0.2) is 13.1 Å². The van der Waals surface area contributed by atoms with Crippen molar-refractivity contribution in [3.8, 4) is 0 Å². The molecule has 0 radical (unpaired) electrons. The van der Waals surface area contributed by atoms with E-state index in [1.54, 1.807) is 31.4 Å². The number of sulfonamides is 1. The minimum Gasteiger partial charge on any atom is -0.383 e. The second-order valence-corrected chi connectivity index (χ2v) is 5.72. The molecule has 0 bridgehead atoms. The zero-order valence-electron chi connectivity index (χ0n) is 11.2. The maximum absolute atomic E-state index is 11.9. The van der Waals surface area contributed by atoms with Gasteiger partial charge in [0.25, 0.3) is 0 Å². The molecule has 1 aromatic rings. The smallest absolute Gasteiger partial charge is 0.240 e. The van der Waals surface area contributed by atoms with E-state index in [0.717, 1.165) is 5.56 Å². The second-order valence-electron chi connectivity index (χ2n) is 3.95. The maximum atomic E-state index is 11.9. The highest BCUT2D eigenvalue weighted by Crippen LogP contribution is 2.09. The summed E-state index contributed by atoms with van der Waals surface area (Å²) in [5.74, 6) is 0. The molecule has 0 aliphatic heterocycles. The fraction of sp³-hybridized carbons (Fsp3) is 0.500. The van der Waals surface area contributed by atoms with Crippen LogP contribution in [0.3, 0.4) is 0 Å². The number of aryl methyl sites for hydroxylation is 1. The first kappa shape index (κ1) is 18.3. The van der Waals surface area contributed by atoms with Crippen LogP contribution in [0, 0.1) is 6.92 Å². The van der Waals surface area contributed by atoms with Gasteiger partial charge in [-0.3, -0.25) is 0 Å². The van der Waals surface area contributed by atoms with E-state index in [4.69, 9.17) is 4.74 Å². The normalized spacial score (nSPS) is 11.1. The Labute approximate surface area is 121 Å². The summed E-state index contributed by atoms with van der Waals surface area (Å²) in [7, 11) is -1.76. The van der Waals surface area contributed by atoms with Gasteiger partial charge < -0.3 is 10.1 Å².